The summed E-state index contributed by atoms with van der Waals surface area (Å²) in [4.78, 5) is 0. The maximum Gasteiger partial charge on any atom is 0.0590 e. The average molecular weight is 188 g/mol. The van der Waals surface area contributed by atoms with E-state index in [0.29, 0.717) is 26.2 Å². The molecule has 0 aromatic carbocycles. The van der Waals surface area contributed by atoms with Crippen molar-refractivity contribution in [2.24, 2.45) is 0 Å². The van der Waals surface area contributed by atoms with Crippen LogP contribution in [0.3, 0.4) is 0 Å². The van der Waals surface area contributed by atoms with Gasteiger partial charge < -0.3 is 10.1 Å². The van der Waals surface area contributed by atoms with Gasteiger partial charge in [0.1, 0.15) is 0 Å². The van der Waals surface area contributed by atoms with Crippen molar-refractivity contribution < 1.29 is 9.22 Å². The van der Waals surface area contributed by atoms with Crippen molar-refractivity contribution in [1.29, 1.82) is 0 Å². The molecule has 0 heterocycles. The molecule has 0 amide bonds. The van der Waals surface area contributed by atoms with E-state index in [9.17, 15) is 4.48 Å². The van der Waals surface area contributed by atoms with E-state index in [-0.39, 0.29) is 0 Å². The van der Waals surface area contributed by atoms with Crippen molar-refractivity contribution in [3.05, 3.63) is 0 Å². The molecule has 0 aromatic rings. The Morgan fingerprint density at radius 1 is 1.23 bits per heavy atom. The number of nitrogens with one attached hydrogen (secondary N) is 2. The maximum atomic E-state index is 11.4. The van der Waals surface area contributed by atoms with Gasteiger partial charge in [0.15, 0.2) is 0 Å². The molecular formula is C9H17FN2O. The Labute approximate surface area is 79.0 Å². The van der Waals surface area contributed by atoms with E-state index in [1.54, 1.807) is 5.54 Å². The summed E-state index contributed by atoms with van der Waals surface area (Å²) in [7, 11) is 0. The SMILES string of the molecule is C#CCCNCCOCCCNF. The highest BCUT2D eigenvalue weighted by Gasteiger charge is 1.88. The highest BCUT2D eigenvalue weighted by Crippen LogP contribution is 1.80. The molecule has 0 fully saturated rings. The van der Waals surface area contributed by atoms with Crippen LogP contribution < -0.4 is 10.9 Å². The summed E-state index contributed by atoms with van der Waals surface area (Å²) >= 11 is 0. The first-order chi connectivity index (χ1) is 6.41. The lowest BCUT2D eigenvalue weighted by Gasteiger charge is -2.03. The summed E-state index contributed by atoms with van der Waals surface area (Å²) in [5.41, 5.74) is 1.57. The molecule has 0 aromatic heterocycles. The molecule has 2 N–H and O–H groups in total. The molecule has 76 valence electrons. The molecule has 0 atom stereocenters. The van der Waals surface area contributed by atoms with Gasteiger partial charge in [0, 0.05) is 32.7 Å². The van der Waals surface area contributed by atoms with Gasteiger partial charge in [-0.2, -0.15) is 5.54 Å². The van der Waals surface area contributed by atoms with Gasteiger partial charge in [0.2, 0.25) is 0 Å². The lowest BCUT2D eigenvalue weighted by atomic mass is 10.4. The van der Waals surface area contributed by atoms with Crippen LogP contribution in [0.2, 0.25) is 0 Å². The first-order valence-electron chi connectivity index (χ1n) is 4.47. The predicted octanol–water partition coefficient (Wildman–Crippen LogP) is 0.480. The molecule has 0 spiro atoms. The van der Waals surface area contributed by atoms with Gasteiger partial charge in [-0.05, 0) is 6.42 Å². The van der Waals surface area contributed by atoms with E-state index in [0.717, 1.165) is 19.5 Å². The second kappa shape index (κ2) is 11.4. The topological polar surface area (TPSA) is 33.3 Å². The molecule has 13 heavy (non-hydrogen) atoms. The molecule has 0 bridgehead atoms. The quantitative estimate of drug-likeness (QED) is 0.314. The predicted molar refractivity (Wildman–Crippen MR) is 50.9 cm³/mol. The van der Waals surface area contributed by atoms with E-state index < -0.39 is 0 Å². The first kappa shape index (κ1) is 12.4. The second-order valence-electron chi connectivity index (χ2n) is 2.55. The standard InChI is InChI=1S/C9H17FN2O/c1-2-3-5-11-7-9-13-8-4-6-12-10/h1,11-12H,3-9H2. The smallest absolute Gasteiger partial charge is 0.0590 e. The van der Waals surface area contributed by atoms with Crippen LogP contribution in [0.5, 0.6) is 0 Å². The third kappa shape index (κ3) is 11.4. The Bertz CT molecular complexity index is 136. The van der Waals surface area contributed by atoms with E-state index in [1.807, 2.05) is 0 Å². The third-order valence-corrected chi connectivity index (χ3v) is 1.43. The fourth-order valence-corrected chi connectivity index (χ4v) is 0.773. The van der Waals surface area contributed by atoms with Crippen LogP contribution in [-0.2, 0) is 4.74 Å². The first-order valence-corrected chi connectivity index (χ1v) is 4.47. The van der Waals surface area contributed by atoms with Crippen molar-refractivity contribution >= 4 is 0 Å². The number of terminal acetylenes is 1. The summed E-state index contributed by atoms with van der Waals surface area (Å²) in [6.07, 6.45) is 6.50. The largest absolute Gasteiger partial charge is 0.380 e. The average Bonchev–Trinajstić information content (AvgIpc) is 2.16. The Kier molecular flexibility index (Phi) is 10.8. The van der Waals surface area contributed by atoms with Crippen LogP contribution in [0.4, 0.5) is 4.48 Å². The molecular weight excluding hydrogens is 171 g/mol. The van der Waals surface area contributed by atoms with Gasteiger partial charge in [0.25, 0.3) is 0 Å². The number of rotatable bonds is 9. The molecule has 0 saturated carbocycles. The molecule has 4 heteroatoms. The summed E-state index contributed by atoms with van der Waals surface area (Å²) in [5, 5.41) is 3.12. The van der Waals surface area contributed by atoms with Crippen molar-refractivity contribution in [2.75, 3.05) is 32.8 Å². The van der Waals surface area contributed by atoms with Crippen LogP contribution in [0.25, 0.3) is 0 Å². The third-order valence-electron chi connectivity index (χ3n) is 1.43. The fraction of sp³-hybridized carbons (Fsp3) is 0.778. The Balaban J connectivity index is 2.80. The molecule has 0 aliphatic carbocycles. The van der Waals surface area contributed by atoms with Gasteiger partial charge in [-0.15, -0.1) is 16.8 Å². The van der Waals surface area contributed by atoms with Gasteiger partial charge in [0.05, 0.1) is 6.61 Å². The van der Waals surface area contributed by atoms with Crippen LogP contribution in [0.15, 0.2) is 0 Å². The minimum Gasteiger partial charge on any atom is -0.380 e. The molecule has 0 unspecified atom stereocenters. The van der Waals surface area contributed by atoms with Crippen molar-refractivity contribution in [3.8, 4) is 12.3 Å². The zero-order valence-electron chi connectivity index (χ0n) is 7.81. The number of hydrogen-bond acceptors (Lipinski definition) is 3. The zero-order valence-corrected chi connectivity index (χ0v) is 7.81. The molecule has 3 nitrogen and oxygen atoms in total. The number of hydrogen-bond donors (Lipinski definition) is 2. The number of halogens is 1. The maximum absolute atomic E-state index is 11.4. The van der Waals surface area contributed by atoms with Crippen LogP contribution in [0, 0.1) is 12.3 Å². The molecule has 0 aliphatic heterocycles. The van der Waals surface area contributed by atoms with E-state index in [1.165, 1.54) is 0 Å². The van der Waals surface area contributed by atoms with Gasteiger partial charge in [-0.1, -0.05) is 0 Å². The van der Waals surface area contributed by atoms with Crippen LogP contribution >= 0.6 is 0 Å². The minimum atomic E-state index is 0.352. The normalized spacial score (nSPS) is 9.85. The van der Waals surface area contributed by atoms with Crippen LogP contribution in [-0.4, -0.2) is 32.8 Å². The Morgan fingerprint density at radius 2 is 2.08 bits per heavy atom. The second-order valence-corrected chi connectivity index (χ2v) is 2.55. The van der Waals surface area contributed by atoms with E-state index >= 15 is 0 Å². The monoisotopic (exact) mass is 188 g/mol. The van der Waals surface area contributed by atoms with Crippen LogP contribution in [0.1, 0.15) is 12.8 Å². The fourth-order valence-electron chi connectivity index (χ4n) is 0.773. The molecule has 0 rings (SSSR count). The minimum absolute atomic E-state index is 0.352. The Hall–Kier alpha value is -0.630. The molecule has 0 radical (unpaired) electrons. The summed E-state index contributed by atoms with van der Waals surface area (Å²) in [6, 6.07) is 0. The van der Waals surface area contributed by atoms with Crippen molar-refractivity contribution in [1.82, 2.24) is 10.9 Å². The highest BCUT2D eigenvalue weighted by atomic mass is 19.2. The van der Waals surface area contributed by atoms with Crippen molar-refractivity contribution in [2.45, 2.75) is 12.8 Å². The zero-order chi connectivity index (χ0) is 9.78. The van der Waals surface area contributed by atoms with Gasteiger partial charge in [-0.3, -0.25) is 0 Å². The molecule has 0 saturated heterocycles. The summed E-state index contributed by atoms with van der Waals surface area (Å²) in [6.45, 7) is 3.21. The summed E-state index contributed by atoms with van der Waals surface area (Å²) in [5.74, 6) is 2.53. The van der Waals surface area contributed by atoms with E-state index in [2.05, 4.69) is 11.2 Å². The molecule has 0 aliphatic rings. The van der Waals surface area contributed by atoms with Gasteiger partial charge in [-0.25, -0.2) is 0 Å². The van der Waals surface area contributed by atoms with E-state index in [4.69, 9.17) is 11.2 Å². The van der Waals surface area contributed by atoms with Gasteiger partial charge >= 0.3 is 0 Å². The number of ether oxygens (including phenoxy) is 1. The summed E-state index contributed by atoms with van der Waals surface area (Å²) < 4.78 is 16.6. The lowest BCUT2D eigenvalue weighted by molar-refractivity contribution is 0.129. The highest BCUT2D eigenvalue weighted by molar-refractivity contribution is 4.83. The lowest BCUT2D eigenvalue weighted by Crippen LogP contribution is -2.21. The Morgan fingerprint density at radius 3 is 2.77 bits per heavy atom. The van der Waals surface area contributed by atoms with Crippen molar-refractivity contribution in [3.63, 3.8) is 0 Å².